The van der Waals surface area contributed by atoms with Crippen molar-refractivity contribution in [3.8, 4) is 0 Å². The first-order valence-electron chi connectivity index (χ1n) is 5.66. The van der Waals surface area contributed by atoms with Gasteiger partial charge in [0.05, 0.1) is 4.90 Å². The third kappa shape index (κ3) is 3.20. The van der Waals surface area contributed by atoms with Crippen molar-refractivity contribution in [2.45, 2.75) is 25.2 Å². The fraction of sp³-hybridized carbons (Fsp3) is 0.500. The highest BCUT2D eigenvalue weighted by Crippen LogP contribution is 2.21. The van der Waals surface area contributed by atoms with Crippen LogP contribution in [0.4, 0.5) is 5.69 Å². The van der Waals surface area contributed by atoms with E-state index in [9.17, 15) is 8.42 Å². The molecule has 0 unspecified atom stereocenters. The van der Waals surface area contributed by atoms with Crippen LogP contribution in [0.3, 0.4) is 0 Å². The lowest BCUT2D eigenvalue weighted by atomic mass is 10.2. The molecule has 0 aliphatic carbocycles. The van der Waals surface area contributed by atoms with Crippen molar-refractivity contribution in [3.05, 3.63) is 23.8 Å². The monoisotopic (exact) mass is 256 g/mol. The second-order valence-electron chi connectivity index (χ2n) is 4.19. The molecule has 0 heterocycles. The first-order valence-corrected chi connectivity index (χ1v) is 7.10. The Bertz CT molecular complexity index is 481. The summed E-state index contributed by atoms with van der Waals surface area (Å²) in [6.45, 7) is 4.87. The molecule has 96 valence electrons. The van der Waals surface area contributed by atoms with Crippen LogP contribution >= 0.6 is 0 Å². The molecule has 0 aliphatic heterocycles. The molecule has 0 amide bonds. The zero-order valence-corrected chi connectivity index (χ0v) is 11.6. The normalized spacial score (nSPS) is 11.8. The first kappa shape index (κ1) is 14.0. The minimum Gasteiger partial charge on any atom is -0.385 e. The Labute approximate surface area is 104 Å². The van der Waals surface area contributed by atoms with Gasteiger partial charge in [-0.2, -0.15) is 0 Å². The number of benzene rings is 1. The lowest BCUT2D eigenvalue weighted by molar-refractivity contribution is 0.521. The summed E-state index contributed by atoms with van der Waals surface area (Å²) in [5.41, 5.74) is 1.94. The summed E-state index contributed by atoms with van der Waals surface area (Å²) in [6.07, 6.45) is 1.00. The van der Waals surface area contributed by atoms with E-state index in [1.54, 1.807) is 12.1 Å². The summed E-state index contributed by atoms with van der Waals surface area (Å²) >= 11 is 0. The molecule has 0 saturated heterocycles. The van der Waals surface area contributed by atoms with Crippen LogP contribution in [0.15, 0.2) is 23.1 Å². The third-order valence-corrected chi connectivity index (χ3v) is 4.36. The molecule has 0 aliphatic rings. The Balaban J connectivity index is 3.13. The number of nitrogens with zero attached hydrogens (tertiary/aromatic N) is 1. The smallest absolute Gasteiger partial charge is 0.242 e. The maximum absolute atomic E-state index is 12.0. The van der Waals surface area contributed by atoms with Gasteiger partial charge < -0.3 is 5.32 Å². The first-order chi connectivity index (χ1) is 7.89. The Morgan fingerprint density at radius 1 is 1.29 bits per heavy atom. The maximum atomic E-state index is 12.0. The van der Waals surface area contributed by atoms with Crippen molar-refractivity contribution in [2.24, 2.45) is 0 Å². The molecule has 0 bridgehead atoms. The number of hydrogen-bond acceptors (Lipinski definition) is 3. The fourth-order valence-electron chi connectivity index (χ4n) is 1.42. The standard InChI is InChI=1S/C12H20N2O2S/c1-5-8-13-12-9-11(7-6-10(12)2)17(15,16)14(3)4/h6-7,9,13H,5,8H2,1-4H3. The van der Waals surface area contributed by atoms with Gasteiger partial charge in [-0.15, -0.1) is 0 Å². The zero-order valence-electron chi connectivity index (χ0n) is 10.8. The van der Waals surface area contributed by atoms with Gasteiger partial charge in [-0.3, -0.25) is 0 Å². The van der Waals surface area contributed by atoms with Crippen LogP contribution in [0.2, 0.25) is 0 Å². The van der Waals surface area contributed by atoms with E-state index >= 15 is 0 Å². The number of nitrogens with one attached hydrogen (secondary N) is 1. The molecule has 1 rings (SSSR count). The van der Waals surface area contributed by atoms with Crippen molar-refractivity contribution in [2.75, 3.05) is 26.0 Å². The van der Waals surface area contributed by atoms with Crippen LogP contribution in [-0.4, -0.2) is 33.4 Å². The van der Waals surface area contributed by atoms with E-state index in [1.165, 1.54) is 18.4 Å². The Hall–Kier alpha value is -1.07. The van der Waals surface area contributed by atoms with Gasteiger partial charge in [0.2, 0.25) is 10.0 Å². The quantitative estimate of drug-likeness (QED) is 0.877. The van der Waals surface area contributed by atoms with Gasteiger partial charge in [-0.1, -0.05) is 13.0 Å². The summed E-state index contributed by atoms with van der Waals surface area (Å²) in [7, 11) is -0.276. The molecule has 1 aromatic rings. The van der Waals surface area contributed by atoms with E-state index in [4.69, 9.17) is 0 Å². The van der Waals surface area contributed by atoms with Crippen LogP contribution in [0, 0.1) is 6.92 Å². The van der Waals surface area contributed by atoms with E-state index in [2.05, 4.69) is 12.2 Å². The average molecular weight is 256 g/mol. The third-order valence-electron chi connectivity index (χ3n) is 2.55. The minimum atomic E-state index is -3.35. The van der Waals surface area contributed by atoms with Crippen molar-refractivity contribution in [3.63, 3.8) is 0 Å². The molecule has 4 nitrogen and oxygen atoms in total. The number of hydrogen-bond donors (Lipinski definition) is 1. The van der Waals surface area contributed by atoms with Gasteiger partial charge in [-0.25, -0.2) is 12.7 Å². The van der Waals surface area contributed by atoms with Crippen molar-refractivity contribution < 1.29 is 8.42 Å². The molecule has 0 saturated carbocycles. The van der Waals surface area contributed by atoms with E-state index in [-0.39, 0.29) is 0 Å². The second kappa shape index (κ2) is 5.51. The van der Waals surface area contributed by atoms with Crippen LogP contribution < -0.4 is 5.32 Å². The topological polar surface area (TPSA) is 49.4 Å². The van der Waals surface area contributed by atoms with Gasteiger partial charge in [0.15, 0.2) is 0 Å². The van der Waals surface area contributed by atoms with Crippen molar-refractivity contribution in [1.82, 2.24) is 4.31 Å². The lowest BCUT2D eigenvalue weighted by Crippen LogP contribution is -2.22. The highest BCUT2D eigenvalue weighted by molar-refractivity contribution is 7.89. The van der Waals surface area contributed by atoms with Crippen LogP contribution in [0.1, 0.15) is 18.9 Å². The molecule has 0 radical (unpaired) electrons. The second-order valence-corrected chi connectivity index (χ2v) is 6.34. The molecule has 5 heteroatoms. The molecule has 0 aromatic heterocycles. The molecular weight excluding hydrogens is 236 g/mol. The molecule has 1 N–H and O–H groups in total. The Morgan fingerprint density at radius 3 is 2.47 bits per heavy atom. The fourth-order valence-corrected chi connectivity index (χ4v) is 2.35. The van der Waals surface area contributed by atoms with E-state index in [0.29, 0.717) is 4.90 Å². The number of aryl methyl sites for hydroxylation is 1. The highest BCUT2D eigenvalue weighted by Gasteiger charge is 2.17. The summed E-state index contributed by atoms with van der Waals surface area (Å²) in [5, 5.41) is 3.23. The average Bonchev–Trinajstić information content (AvgIpc) is 2.27. The summed E-state index contributed by atoms with van der Waals surface area (Å²) < 4.78 is 25.2. The highest BCUT2D eigenvalue weighted by atomic mass is 32.2. The number of sulfonamides is 1. The molecular formula is C12H20N2O2S. The van der Waals surface area contributed by atoms with Crippen LogP contribution in [0.25, 0.3) is 0 Å². The van der Waals surface area contributed by atoms with Gasteiger partial charge in [0.1, 0.15) is 0 Å². The van der Waals surface area contributed by atoms with Crippen molar-refractivity contribution in [1.29, 1.82) is 0 Å². The summed E-state index contributed by atoms with van der Waals surface area (Å²) in [6, 6.07) is 5.16. The molecule has 1 aromatic carbocycles. The Kier molecular flexibility index (Phi) is 4.54. The maximum Gasteiger partial charge on any atom is 0.242 e. The van der Waals surface area contributed by atoms with Gasteiger partial charge >= 0.3 is 0 Å². The minimum absolute atomic E-state index is 0.326. The molecule has 0 atom stereocenters. The molecule has 0 fully saturated rings. The predicted molar refractivity (Wildman–Crippen MR) is 70.8 cm³/mol. The predicted octanol–water partition coefficient (Wildman–Crippen LogP) is 2.07. The molecule has 0 spiro atoms. The number of rotatable bonds is 5. The van der Waals surface area contributed by atoms with Gasteiger partial charge in [0.25, 0.3) is 0 Å². The lowest BCUT2D eigenvalue weighted by Gasteiger charge is -2.14. The van der Waals surface area contributed by atoms with E-state index in [1.807, 2.05) is 13.0 Å². The van der Waals surface area contributed by atoms with E-state index in [0.717, 1.165) is 24.2 Å². The zero-order chi connectivity index (χ0) is 13.1. The largest absolute Gasteiger partial charge is 0.385 e. The summed E-state index contributed by atoms with van der Waals surface area (Å²) in [5.74, 6) is 0. The summed E-state index contributed by atoms with van der Waals surface area (Å²) in [4.78, 5) is 0.326. The molecule has 17 heavy (non-hydrogen) atoms. The van der Waals surface area contributed by atoms with E-state index < -0.39 is 10.0 Å². The van der Waals surface area contributed by atoms with Gasteiger partial charge in [0, 0.05) is 26.3 Å². The van der Waals surface area contributed by atoms with Crippen LogP contribution in [0.5, 0.6) is 0 Å². The Morgan fingerprint density at radius 2 is 1.94 bits per heavy atom. The van der Waals surface area contributed by atoms with Crippen molar-refractivity contribution >= 4 is 15.7 Å². The van der Waals surface area contributed by atoms with Gasteiger partial charge in [-0.05, 0) is 31.0 Å². The van der Waals surface area contributed by atoms with Crippen LogP contribution in [-0.2, 0) is 10.0 Å². The SMILES string of the molecule is CCCNc1cc(S(=O)(=O)N(C)C)ccc1C. The number of anilines is 1.